The predicted molar refractivity (Wildman–Crippen MR) is 146 cm³/mol. The lowest BCUT2D eigenvalue weighted by molar-refractivity contribution is -0.137. The van der Waals surface area contributed by atoms with Crippen molar-refractivity contribution in [3.05, 3.63) is 94.2 Å². The first-order valence-corrected chi connectivity index (χ1v) is 13.2. The molecule has 1 aromatic heterocycles. The highest BCUT2D eigenvalue weighted by Gasteiger charge is 2.32. The van der Waals surface area contributed by atoms with Crippen molar-refractivity contribution in [3.8, 4) is 33.9 Å². The molecular formula is C32H29FN2O4. The average Bonchev–Trinajstić information content (AvgIpc) is 3.49. The van der Waals surface area contributed by atoms with Crippen LogP contribution in [0.5, 0.6) is 11.5 Å². The Bertz CT molecular complexity index is 1590. The Morgan fingerprint density at radius 2 is 1.90 bits per heavy atom. The fourth-order valence-electron chi connectivity index (χ4n) is 6.04. The highest BCUT2D eigenvalue weighted by atomic mass is 19.1. The number of carbonyl (C=O) groups is 1. The van der Waals surface area contributed by atoms with Gasteiger partial charge in [-0.25, -0.2) is 9.37 Å². The Morgan fingerprint density at radius 3 is 2.64 bits per heavy atom. The van der Waals surface area contributed by atoms with Crippen LogP contribution in [0, 0.1) is 26.6 Å². The van der Waals surface area contributed by atoms with E-state index in [4.69, 9.17) is 14.6 Å². The van der Waals surface area contributed by atoms with Crippen molar-refractivity contribution in [1.29, 1.82) is 0 Å². The third-order valence-corrected chi connectivity index (χ3v) is 7.70. The van der Waals surface area contributed by atoms with Crippen molar-refractivity contribution >= 4 is 5.97 Å². The number of halogens is 1. The number of rotatable bonds is 6. The van der Waals surface area contributed by atoms with E-state index in [1.54, 1.807) is 18.5 Å². The molecule has 3 aromatic carbocycles. The van der Waals surface area contributed by atoms with Crippen LogP contribution in [0.1, 0.15) is 58.4 Å². The summed E-state index contributed by atoms with van der Waals surface area (Å²) in [5, 5.41) is 9.16. The van der Waals surface area contributed by atoms with E-state index in [0.29, 0.717) is 36.5 Å². The molecule has 1 aliphatic heterocycles. The molecule has 39 heavy (non-hydrogen) atoms. The molecule has 2 aliphatic rings. The van der Waals surface area contributed by atoms with E-state index in [-0.39, 0.29) is 18.2 Å². The quantitative estimate of drug-likeness (QED) is 0.296. The Morgan fingerprint density at radius 1 is 1.10 bits per heavy atom. The van der Waals surface area contributed by atoms with Crippen LogP contribution in [-0.2, 0) is 11.2 Å². The van der Waals surface area contributed by atoms with E-state index in [1.807, 2.05) is 25.1 Å². The lowest BCUT2D eigenvalue weighted by Crippen LogP contribution is -2.07. The molecule has 1 N–H and O–H groups in total. The van der Waals surface area contributed by atoms with Gasteiger partial charge in [-0.3, -0.25) is 9.78 Å². The van der Waals surface area contributed by atoms with Gasteiger partial charge in [-0.05, 0) is 85.7 Å². The molecule has 0 saturated heterocycles. The third kappa shape index (κ3) is 4.62. The van der Waals surface area contributed by atoms with Crippen LogP contribution >= 0.6 is 0 Å². The summed E-state index contributed by atoms with van der Waals surface area (Å²) in [7, 11) is 0. The monoisotopic (exact) mass is 524 g/mol. The maximum absolute atomic E-state index is 15.3. The number of ether oxygens (including phenoxy) is 2. The van der Waals surface area contributed by atoms with Gasteiger partial charge in [0.2, 0.25) is 0 Å². The normalized spacial score (nSPS) is 17.4. The SMILES string of the molecule is Cc1cncc(-c2cc(C)c(-c3ccc(F)c4c3CC[C@H]4Oc3ccc4c(c3)OC[C@H]4CC(=O)O)c(C)c2)n1. The largest absolute Gasteiger partial charge is 0.492 e. The van der Waals surface area contributed by atoms with Gasteiger partial charge in [0.1, 0.15) is 23.4 Å². The number of aliphatic carboxylic acids is 1. The van der Waals surface area contributed by atoms with E-state index in [0.717, 1.165) is 50.3 Å². The van der Waals surface area contributed by atoms with Crippen molar-refractivity contribution in [2.75, 3.05) is 6.61 Å². The van der Waals surface area contributed by atoms with Crippen molar-refractivity contribution in [3.63, 3.8) is 0 Å². The topological polar surface area (TPSA) is 81.5 Å². The molecule has 2 atom stereocenters. The fraction of sp³-hybridized carbons (Fsp3) is 0.281. The summed E-state index contributed by atoms with van der Waals surface area (Å²) in [6.45, 7) is 6.42. The fourth-order valence-corrected chi connectivity index (χ4v) is 6.04. The van der Waals surface area contributed by atoms with Crippen LogP contribution in [0.25, 0.3) is 22.4 Å². The van der Waals surface area contributed by atoms with Crippen LogP contribution in [-0.4, -0.2) is 27.7 Å². The maximum atomic E-state index is 15.3. The predicted octanol–water partition coefficient (Wildman–Crippen LogP) is 6.89. The minimum Gasteiger partial charge on any atom is -0.492 e. The highest BCUT2D eigenvalue weighted by molar-refractivity contribution is 5.79. The maximum Gasteiger partial charge on any atom is 0.304 e. The number of carboxylic acids is 1. The van der Waals surface area contributed by atoms with E-state index >= 15 is 4.39 Å². The molecule has 7 heteroatoms. The van der Waals surface area contributed by atoms with Gasteiger partial charge in [-0.2, -0.15) is 0 Å². The summed E-state index contributed by atoms with van der Waals surface area (Å²) >= 11 is 0. The molecule has 198 valence electrons. The highest BCUT2D eigenvalue weighted by Crippen LogP contribution is 2.45. The van der Waals surface area contributed by atoms with Crippen molar-refractivity contribution < 1.29 is 23.8 Å². The lowest BCUT2D eigenvalue weighted by Gasteiger charge is -2.19. The molecule has 4 aromatic rings. The van der Waals surface area contributed by atoms with Crippen LogP contribution < -0.4 is 9.47 Å². The number of aryl methyl sites for hydroxylation is 3. The first kappa shape index (κ1) is 25.0. The summed E-state index contributed by atoms with van der Waals surface area (Å²) in [6, 6.07) is 13.1. The summed E-state index contributed by atoms with van der Waals surface area (Å²) in [5.74, 6) is -0.0690. The molecule has 2 heterocycles. The van der Waals surface area contributed by atoms with Crippen LogP contribution in [0.4, 0.5) is 4.39 Å². The molecule has 0 amide bonds. The molecule has 0 radical (unpaired) electrons. The first-order valence-electron chi connectivity index (χ1n) is 13.2. The first-order chi connectivity index (χ1) is 18.8. The van der Waals surface area contributed by atoms with Gasteiger partial charge < -0.3 is 14.6 Å². The zero-order valence-corrected chi connectivity index (χ0v) is 22.1. The molecule has 6 rings (SSSR count). The van der Waals surface area contributed by atoms with Gasteiger partial charge in [-0.15, -0.1) is 0 Å². The third-order valence-electron chi connectivity index (χ3n) is 7.70. The van der Waals surface area contributed by atoms with Gasteiger partial charge >= 0.3 is 5.97 Å². The zero-order chi connectivity index (χ0) is 27.3. The molecule has 6 nitrogen and oxygen atoms in total. The Hall–Kier alpha value is -4.26. The van der Waals surface area contributed by atoms with Gasteiger partial charge in [0.05, 0.1) is 30.6 Å². The number of benzene rings is 3. The van der Waals surface area contributed by atoms with Crippen molar-refractivity contribution in [1.82, 2.24) is 9.97 Å². The molecule has 0 unspecified atom stereocenters. The average molecular weight is 525 g/mol. The summed E-state index contributed by atoms with van der Waals surface area (Å²) in [4.78, 5) is 20.1. The number of fused-ring (bicyclic) bond motifs is 2. The minimum absolute atomic E-state index is 0.0232. The number of nitrogens with zero attached hydrogens (tertiary/aromatic N) is 2. The van der Waals surface area contributed by atoms with E-state index in [9.17, 15) is 4.79 Å². The standard InChI is InChI=1S/C32H29FN2O4/c1-17-10-20(27-15-34-14-19(3)35-27)11-18(2)31(17)24-6-8-26(33)32-25(24)7-9-28(32)39-22-4-5-23-21(12-30(36)37)16-38-29(23)13-22/h4-6,8,10-11,13-15,21,28H,7,9,12,16H2,1-3H3,(H,36,37)/t21-,28-/m1/s1. The number of hydrogen-bond acceptors (Lipinski definition) is 5. The Labute approximate surface area is 226 Å². The zero-order valence-electron chi connectivity index (χ0n) is 22.1. The van der Waals surface area contributed by atoms with E-state index in [2.05, 4.69) is 35.9 Å². The van der Waals surface area contributed by atoms with Gasteiger partial charge in [0, 0.05) is 34.9 Å². The molecule has 0 bridgehead atoms. The van der Waals surface area contributed by atoms with Gasteiger partial charge in [0.15, 0.2) is 0 Å². The van der Waals surface area contributed by atoms with Gasteiger partial charge in [-0.1, -0.05) is 12.1 Å². The van der Waals surface area contributed by atoms with E-state index in [1.165, 1.54) is 6.07 Å². The van der Waals surface area contributed by atoms with E-state index < -0.39 is 12.1 Å². The molecular weight excluding hydrogens is 495 g/mol. The second kappa shape index (κ2) is 9.80. The molecule has 0 spiro atoms. The smallest absolute Gasteiger partial charge is 0.304 e. The van der Waals surface area contributed by atoms with Crippen LogP contribution in [0.15, 0.2) is 54.9 Å². The molecule has 0 saturated carbocycles. The summed E-state index contributed by atoms with van der Waals surface area (Å²) < 4.78 is 27.3. The number of hydrogen-bond donors (Lipinski definition) is 1. The van der Waals surface area contributed by atoms with Crippen LogP contribution in [0.3, 0.4) is 0 Å². The summed E-state index contributed by atoms with van der Waals surface area (Å²) in [6.07, 6.45) is 4.49. The number of carboxylic acid groups (broad SMARTS) is 1. The van der Waals surface area contributed by atoms with Gasteiger partial charge in [0.25, 0.3) is 0 Å². The molecule has 1 aliphatic carbocycles. The summed E-state index contributed by atoms with van der Waals surface area (Å²) in [5.41, 5.74) is 9.48. The molecule has 0 fully saturated rings. The van der Waals surface area contributed by atoms with Crippen molar-refractivity contribution in [2.24, 2.45) is 0 Å². The number of aromatic nitrogens is 2. The minimum atomic E-state index is -0.852. The Kier molecular flexibility index (Phi) is 6.29. The lowest BCUT2D eigenvalue weighted by atomic mass is 9.88. The van der Waals surface area contributed by atoms with Crippen molar-refractivity contribution in [2.45, 2.75) is 52.1 Å². The second-order valence-electron chi connectivity index (χ2n) is 10.5. The second-order valence-corrected chi connectivity index (χ2v) is 10.5. The Balaban J connectivity index is 1.31. The van der Waals surface area contributed by atoms with Crippen LogP contribution in [0.2, 0.25) is 0 Å².